The van der Waals surface area contributed by atoms with E-state index in [2.05, 4.69) is 39.1 Å². The van der Waals surface area contributed by atoms with Crippen molar-refractivity contribution in [3.05, 3.63) is 54.5 Å². The fourth-order valence-corrected chi connectivity index (χ4v) is 4.07. The maximum absolute atomic E-state index is 12.6. The van der Waals surface area contributed by atoms with Crippen LogP contribution >= 0.6 is 0 Å². The van der Waals surface area contributed by atoms with Crippen LogP contribution in [0, 0.1) is 17.8 Å². The lowest BCUT2D eigenvalue weighted by molar-refractivity contribution is -0.138. The van der Waals surface area contributed by atoms with Gasteiger partial charge in [0.15, 0.2) is 5.82 Å². The first kappa shape index (κ1) is 19.5. The van der Waals surface area contributed by atoms with E-state index in [0.29, 0.717) is 23.9 Å². The Balaban J connectivity index is 1.54. The molecule has 7 nitrogen and oxygen atoms in total. The van der Waals surface area contributed by atoms with Crippen molar-refractivity contribution in [1.82, 2.24) is 9.97 Å². The molecule has 1 N–H and O–H groups in total. The minimum Gasteiger partial charge on any atom is -0.481 e. The maximum atomic E-state index is 12.6. The van der Waals surface area contributed by atoms with Crippen LogP contribution < -0.4 is 9.64 Å². The Morgan fingerprint density at radius 3 is 2.58 bits per heavy atom. The number of nitrogens with zero attached hydrogens (tertiary/aromatic N) is 3. The minimum absolute atomic E-state index is 0.0126. The van der Waals surface area contributed by atoms with E-state index in [4.69, 9.17) is 9.84 Å². The average molecular weight is 417 g/mol. The van der Waals surface area contributed by atoms with Gasteiger partial charge in [-0.15, -0.1) is 0 Å². The first-order valence-corrected chi connectivity index (χ1v) is 10.5. The second kappa shape index (κ2) is 7.65. The molecule has 0 unspecified atom stereocenters. The third kappa shape index (κ3) is 3.71. The summed E-state index contributed by atoms with van der Waals surface area (Å²) < 4.78 is 5.57. The van der Waals surface area contributed by atoms with E-state index in [1.165, 1.54) is 20.0 Å². The van der Waals surface area contributed by atoms with Crippen molar-refractivity contribution in [3.8, 4) is 5.88 Å². The number of benzene rings is 2. The Hall–Kier alpha value is -3.48. The number of carbonyl (C=O) groups is 2. The van der Waals surface area contributed by atoms with Crippen molar-refractivity contribution in [2.24, 2.45) is 17.8 Å². The highest BCUT2D eigenvalue weighted by atomic mass is 16.5. The van der Waals surface area contributed by atoms with E-state index in [9.17, 15) is 9.59 Å². The number of anilines is 2. The normalized spacial score (nSPS) is 19.8. The van der Waals surface area contributed by atoms with Crippen LogP contribution in [0.15, 0.2) is 48.7 Å². The molecule has 158 valence electrons. The van der Waals surface area contributed by atoms with E-state index in [0.717, 1.165) is 23.0 Å². The highest BCUT2D eigenvalue weighted by Gasteiger charge is 2.49. The summed E-state index contributed by atoms with van der Waals surface area (Å²) in [6.07, 6.45) is 4.32. The highest BCUT2D eigenvalue weighted by Crippen LogP contribution is 2.43. The first-order chi connectivity index (χ1) is 15.1. The van der Waals surface area contributed by atoms with E-state index in [1.807, 2.05) is 18.2 Å². The van der Waals surface area contributed by atoms with E-state index >= 15 is 0 Å². The lowest BCUT2D eigenvalue weighted by Gasteiger charge is -2.27. The molecule has 7 heteroatoms. The number of Topliss-reactive ketones (excluding diaryl/α,β-unsaturated/α-hetero) is 1. The predicted octanol–water partition coefficient (Wildman–Crippen LogP) is 4.09. The molecule has 2 aliphatic carbocycles. The van der Waals surface area contributed by atoms with Gasteiger partial charge >= 0.3 is 5.97 Å². The molecule has 0 spiro atoms. The molecule has 0 radical (unpaired) electrons. The summed E-state index contributed by atoms with van der Waals surface area (Å²) in [5.41, 5.74) is 1.74. The van der Waals surface area contributed by atoms with Crippen molar-refractivity contribution < 1.29 is 19.4 Å². The van der Waals surface area contributed by atoms with E-state index in [1.54, 1.807) is 6.20 Å². The van der Waals surface area contributed by atoms with Crippen LogP contribution in [0.5, 0.6) is 5.88 Å². The number of hydrogen-bond donors (Lipinski definition) is 1. The summed E-state index contributed by atoms with van der Waals surface area (Å²) >= 11 is 0. The van der Waals surface area contributed by atoms with Crippen LogP contribution in [0.4, 0.5) is 11.4 Å². The second-order valence-electron chi connectivity index (χ2n) is 8.29. The fraction of sp³-hybridized carbons (Fsp3) is 0.333. The molecule has 3 aromatic rings. The molecule has 31 heavy (non-hydrogen) atoms. The number of carboxylic acid groups (broad SMARTS) is 1. The van der Waals surface area contributed by atoms with Crippen LogP contribution in [-0.4, -0.2) is 40.5 Å². The van der Waals surface area contributed by atoms with Gasteiger partial charge in [0.05, 0.1) is 19.2 Å². The number of fused-ring (bicyclic) bond motifs is 1. The van der Waals surface area contributed by atoms with Gasteiger partial charge in [-0.2, -0.15) is 4.98 Å². The molecular weight excluding hydrogens is 394 g/mol. The molecule has 2 aromatic carbocycles. The molecule has 0 aliphatic heterocycles. The number of carboxylic acids is 1. The quantitative estimate of drug-likeness (QED) is 0.552. The van der Waals surface area contributed by atoms with Crippen LogP contribution in [0.3, 0.4) is 0 Å². The maximum Gasteiger partial charge on any atom is 0.307 e. The molecule has 2 fully saturated rings. The SMILES string of the molecule is COc1nc(C(=O)[C@H]2C[C@@H]2C(=O)O)ncc1N(CC1CC1)c1cccc2ccccc12. The van der Waals surface area contributed by atoms with Crippen molar-refractivity contribution in [3.63, 3.8) is 0 Å². The van der Waals surface area contributed by atoms with Gasteiger partial charge in [-0.05, 0) is 36.6 Å². The van der Waals surface area contributed by atoms with Gasteiger partial charge < -0.3 is 14.7 Å². The molecule has 0 saturated heterocycles. The summed E-state index contributed by atoms with van der Waals surface area (Å²) in [6.45, 7) is 0.810. The number of aromatic nitrogens is 2. The van der Waals surface area contributed by atoms with Gasteiger partial charge in [0.25, 0.3) is 0 Å². The molecular formula is C24H23N3O4. The van der Waals surface area contributed by atoms with Crippen molar-refractivity contribution in [2.45, 2.75) is 19.3 Å². The van der Waals surface area contributed by atoms with Crippen LogP contribution in [-0.2, 0) is 4.79 Å². The molecule has 1 aromatic heterocycles. The zero-order chi connectivity index (χ0) is 21.5. The smallest absolute Gasteiger partial charge is 0.307 e. The summed E-state index contributed by atoms with van der Waals surface area (Å²) in [7, 11) is 1.52. The van der Waals surface area contributed by atoms with Crippen molar-refractivity contribution in [2.75, 3.05) is 18.6 Å². The molecule has 5 rings (SSSR count). The number of aliphatic carboxylic acids is 1. The van der Waals surface area contributed by atoms with E-state index < -0.39 is 17.8 Å². The van der Waals surface area contributed by atoms with Crippen LogP contribution in [0.2, 0.25) is 0 Å². The third-order valence-electron chi connectivity index (χ3n) is 6.08. The zero-order valence-electron chi connectivity index (χ0n) is 17.2. The molecule has 2 saturated carbocycles. The van der Waals surface area contributed by atoms with Crippen LogP contribution in [0.25, 0.3) is 10.8 Å². The second-order valence-corrected chi connectivity index (χ2v) is 8.29. The monoisotopic (exact) mass is 417 g/mol. The number of methoxy groups -OCH3 is 1. The largest absolute Gasteiger partial charge is 0.481 e. The first-order valence-electron chi connectivity index (χ1n) is 10.5. The average Bonchev–Trinajstić information content (AvgIpc) is 3.71. The lowest BCUT2D eigenvalue weighted by Crippen LogP contribution is -2.22. The Morgan fingerprint density at radius 2 is 1.87 bits per heavy atom. The highest BCUT2D eigenvalue weighted by molar-refractivity contribution is 6.00. The minimum atomic E-state index is -0.950. The summed E-state index contributed by atoms with van der Waals surface area (Å²) in [6, 6.07) is 14.4. The summed E-state index contributed by atoms with van der Waals surface area (Å²) in [5, 5.41) is 11.4. The zero-order valence-corrected chi connectivity index (χ0v) is 17.2. The van der Waals surface area contributed by atoms with Gasteiger partial charge in [0.1, 0.15) is 5.69 Å². The van der Waals surface area contributed by atoms with Crippen molar-refractivity contribution >= 4 is 33.9 Å². The summed E-state index contributed by atoms with van der Waals surface area (Å²) in [4.78, 5) is 34.6. The number of ether oxygens (including phenoxy) is 1. The van der Waals surface area contributed by atoms with Gasteiger partial charge in [0, 0.05) is 23.5 Å². The molecule has 2 aliphatic rings. The molecule has 0 bridgehead atoms. The Morgan fingerprint density at radius 1 is 1.10 bits per heavy atom. The number of carbonyl (C=O) groups excluding carboxylic acids is 1. The summed E-state index contributed by atoms with van der Waals surface area (Å²) in [5.74, 6) is -1.55. The molecule has 2 atom stereocenters. The molecule has 1 heterocycles. The van der Waals surface area contributed by atoms with E-state index in [-0.39, 0.29) is 11.6 Å². The van der Waals surface area contributed by atoms with Gasteiger partial charge in [-0.25, -0.2) is 4.98 Å². The topological polar surface area (TPSA) is 92.6 Å². The molecule has 0 amide bonds. The van der Waals surface area contributed by atoms with Gasteiger partial charge in [-0.1, -0.05) is 36.4 Å². The Labute approximate surface area is 179 Å². The third-order valence-corrected chi connectivity index (χ3v) is 6.08. The number of ketones is 1. The fourth-order valence-electron chi connectivity index (χ4n) is 4.07. The number of rotatable bonds is 8. The van der Waals surface area contributed by atoms with Gasteiger partial charge in [0.2, 0.25) is 11.7 Å². The lowest BCUT2D eigenvalue weighted by atomic mass is 10.1. The Bertz CT molecular complexity index is 1170. The van der Waals surface area contributed by atoms with Gasteiger partial charge in [-0.3, -0.25) is 9.59 Å². The van der Waals surface area contributed by atoms with Crippen molar-refractivity contribution in [1.29, 1.82) is 0 Å². The van der Waals surface area contributed by atoms with Crippen LogP contribution in [0.1, 0.15) is 29.9 Å². The standard InChI is InChI=1S/C24H23N3O4/c1-31-23-20(12-25-22(26-23)21(28)17-11-18(17)24(29)30)27(13-14-9-10-14)19-8-4-6-15-5-2-3-7-16(15)19/h2-8,12,14,17-18H,9-11,13H2,1H3,(H,29,30)/t17-,18-/m0/s1. The predicted molar refractivity (Wildman–Crippen MR) is 116 cm³/mol. The Kier molecular flexibility index (Phi) is 4.81. The number of hydrogen-bond acceptors (Lipinski definition) is 6.